The lowest BCUT2D eigenvalue weighted by molar-refractivity contribution is 0.102. The Morgan fingerprint density at radius 2 is 1.89 bits per heavy atom. The molecule has 0 saturated carbocycles. The molecular weight excluding hydrogens is 443 g/mol. The van der Waals surface area contributed by atoms with E-state index < -0.39 is 5.82 Å². The molecule has 6 nitrogen and oxygen atoms in total. The van der Waals surface area contributed by atoms with Gasteiger partial charge in [-0.15, -0.1) is 0 Å². The van der Waals surface area contributed by atoms with Crippen LogP contribution in [0.2, 0.25) is 0 Å². The number of carbonyl (C=O) groups excluding carboxylic acids is 1. The number of aliphatic imine (C=N–C) groups is 1. The van der Waals surface area contributed by atoms with Gasteiger partial charge in [-0.2, -0.15) is 0 Å². The zero-order valence-corrected chi connectivity index (χ0v) is 19.5. The van der Waals surface area contributed by atoms with E-state index in [0.717, 1.165) is 27.9 Å². The number of nitrogens with one attached hydrogen (secondary N) is 2. The molecule has 1 aliphatic rings. The van der Waals surface area contributed by atoms with Crippen LogP contribution in [0, 0.1) is 5.82 Å². The average Bonchev–Trinajstić information content (AvgIpc) is 3.35. The lowest BCUT2D eigenvalue weighted by Gasteiger charge is -2.16. The highest BCUT2D eigenvalue weighted by Gasteiger charge is 2.22. The summed E-state index contributed by atoms with van der Waals surface area (Å²) in [5.74, 6) is 0.298. The summed E-state index contributed by atoms with van der Waals surface area (Å²) in [6, 6.07) is 21.5. The fourth-order valence-electron chi connectivity index (χ4n) is 4.04. The molecule has 1 amide bonds. The van der Waals surface area contributed by atoms with Crippen molar-refractivity contribution >= 4 is 28.2 Å². The normalized spacial score (nSPS) is 15.1. The van der Waals surface area contributed by atoms with Crippen LogP contribution in [0.3, 0.4) is 0 Å². The van der Waals surface area contributed by atoms with Gasteiger partial charge in [0.15, 0.2) is 0 Å². The maximum absolute atomic E-state index is 13.7. The Morgan fingerprint density at radius 3 is 2.71 bits per heavy atom. The van der Waals surface area contributed by atoms with Crippen molar-refractivity contribution in [3.8, 4) is 5.75 Å². The Balaban J connectivity index is 1.31. The van der Waals surface area contributed by atoms with Crippen LogP contribution in [-0.4, -0.2) is 29.4 Å². The maximum Gasteiger partial charge on any atom is 0.255 e. The lowest BCUT2D eigenvalue weighted by atomic mass is 10.0. The van der Waals surface area contributed by atoms with E-state index in [1.54, 1.807) is 6.07 Å². The summed E-state index contributed by atoms with van der Waals surface area (Å²) in [5.41, 5.74) is 2.63. The van der Waals surface area contributed by atoms with Gasteiger partial charge in [0.25, 0.3) is 5.91 Å². The summed E-state index contributed by atoms with van der Waals surface area (Å²) in [6.45, 7) is 4.23. The van der Waals surface area contributed by atoms with Crippen molar-refractivity contribution in [2.45, 2.75) is 26.0 Å². The quantitative estimate of drug-likeness (QED) is 0.392. The third kappa shape index (κ3) is 4.99. The third-order valence-electron chi connectivity index (χ3n) is 5.72. The second-order valence-electron chi connectivity index (χ2n) is 8.69. The highest BCUT2D eigenvalue weighted by molar-refractivity contribution is 6.05. The largest absolute Gasteiger partial charge is 0.489 e. The summed E-state index contributed by atoms with van der Waals surface area (Å²) >= 11 is 0. The minimum Gasteiger partial charge on any atom is -0.489 e. The van der Waals surface area contributed by atoms with Gasteiger partial charge in [-0.25, -0.2) is 4.39 Å². The van der Waals surface area contributed by atoms with Gasteiger partial charge >= 0.3 is 0 Å². The predicted octanol–water partition coefficient (Wildman–Crippen LogP) is 5.50. The Hall–Kier alpha value is -4.26. The molecule has 0 saturated heterocycles. The fourth-order valence-corrected chi connectivity index (χ4v) is 4.04. The molecule has 1 atom stereocenters. The topological polar surface area (TPSA) is 75.6 Å². The molecule has 1 aliphatic heterocycles. The first-order valence-electron chi connectivity index (χ1n) is 11.5. The molecular formula is C28H25FN4O2. The van der Waals surface area contributed by atoms with Crippen molar-refractivity contribution in [1.82, 2.24) is 10.3 Å². The van der Waals surface area contributed by atoms with E-state index in [1.165, 1.54) is 18.2 Å². The monoisotopic (exact) mass is 468 g/mol. The summed E-state index contributed by atoms with van der Waals surface area (Å²) in [4.78, 5) is 22.2. The SMILES string of the molecule is CC(C)Oc1cc(F)ccc1NC(=O)c1cccc(C2CN=C(c3cc4ccccc4cn3)N2)c1. The summed E-state index contributed by atoms with van der Waals surface area (Å²) in [6.07, 6.45) is 1.69. The number of hydrogen-bond donors (Lipinski definition) is 2. The number of amides is 1. The van der Waals surface area contributed by atoms with Crippen molar-refractivity contribution < 1.29 is 13.9 Å². The number of rotatable bonds is 6. The standard InChI is InChI=1S/C28H25FN4O2/c1-17(2)35-26-14-22(29)10-11-23(26)33-28(34)20-9-5-8-19(12-20)25-16-31-27(32-25)24-13-18-6-3-4-7-21(18)15-30-24/h3-15,17,25H,16H2,1-2H3,(H,31,32)(H,33,34). The van der Waals surface area contributed by atoms with Gasteiger partial charge in [-0.05, 0) is 55.1 Å². The Morgan fingerprint density at radius 1 is 1.06 bits per heavy atom. The molecule has 1 unspecified atom stereocenters. The van der Waals surface area contributed by atoms with Gasteiger partial charge in [-0.3, -0.25) is 14.8 Å². The van der Waals surface area contributed by atoms with E-state index in [1.807, 2.05) is 68.6 Å². The fraction of sp³-hybridized carbons (Fsp3) is 0.179. The van der Waals surface area contributed by atoms with Gasteiger partial charge in [0.2, 0.25) is 0 Å². The van der Waals surface area contributed by atoms with Crippen molar-refractivity contribution in [3.05, 3.63) is 102 Å². The number of carbonyl (C=O) groups is 1. The summed E-state index contributed by atoms with van der Waals surface area (Å²) < 4.78 is 19.4. The first-order chi connectivity index (χ1) is 17.0. The number of anilines is 1. The third-order valence-corrected chi connectivity index (χ3v) is 5.72. The maximum atomic E-state index is 13.7. The van der Waals surface area contributed by atoms with Gasteiger partial charge in [0, 0.05) is 23.2 Å². The van der Waals surface area contributed by atoms with Crippen LogP contribution in [0.5, 0.6) is 5.75 Å². The molecule has 0 fully saturated rings. The van der Waals surface area contributed by atoms with Gasteiger partial charge < -0.3 is 15.4 Å². The van der Waals surface area contributed by atoms with Gasteiger partial charge in [0.1, 0.15) is 23.1 Å². The number of pyridine rings is 1. The minimum absolute atomic E-state index is 0.0725. The highest BCUT2D eigenvalue weighted by Crippen LogP contribution is 2.28. The van der Waals surface area contributed by atoms with Crippen LogP contribution in [-0.2, 0) is 0 Å². The van der Waals surface area contributed by atoms with E-state index >= 15 is 0 Å². The van der Waals surface area contributed by atoms with Crippen molar-refractivity contribution in [1.29, 1.82) is 0 Å². The van der Waals surface area contributed by atoms with Crippen LogP contribution < -0.4 is 15.4 Å². The minimum atomic E-state index is -0.426. The highest BCUT2D eigenvalue weighted by atomic mass is 19.1. The van der Waals surface area contributed by atoms with E-state index in [4.69, 9.17) is 4.74 Å². The number of fused-ring (bicyclic) bond motifs is 1. The first kappa shape index (κ1) is 22.5. The van der Waals surface area contributed by atoms with Crippen LogP contribution in [0.25, 0.3) is 10.8 Å². The second-order valence-corrected chi connectivity index (χ2v) is 8.69. The molecule has 2 N–H and O–H groups in total. The van der Waals surface area contributed by atoms with Crippen LogP contribution in [0.1, 0.15) is 41.5 Å². The van der Waals surface area contributed by atoms with E-state index in [9.17, 15) is 9.18 Å². The first-order valence-corrected chi connectivity index (χ1v) is 11.5. The van der Waals surface area contributed by atoms with Crippen LogP contribution in [0.4, 0.5) is 10.1 Å². The molecule has 1 aromatic heterocycles. The number of aromatic nitrogens is 1. The molecule has 4 aromatic rings. The predicted molar refractivity (Wildman–Crippen MR) is 136 cm³/mol. The molecule has 176 valence electrons. The lowest BCUT2D eigenvalue weighted by Crippen LogP contribution is -2.25. The molecule has 5 rings (SSSR count). The molecule has 0 aliphatic carbocycles. The second kappa shape index (κ2) is 9.54. The number of halogens is 1. The van der Waals surface area contributed by atoms with Gasteiger partial charge in [-0.1, -0.05) is 36.4 Å². The molecule has 0 radical (unpaired) electrons. The zero-order chi connectivity index (χ0) is 24.4. The molecule has 35 heavy (non-hydrogen) atoms. The van der Waals surface area contributed by atoms with E-state index in [-0.39, 0.29) is 18.1 Å². The number of nitrogens with zero attached hydrogens (tertiary/aromatic N) is 2. The van der Waals surface area contributed by atoms with Crippen LogP contribution >= 0.6 is 0 Å². The number of amidine groups is 1. The van der Waals surface area contributed by atoms with Crippen molar-refractivity contribution in [2.24, 2.45) is 4.99 Å². The zero-order valence-electron chi connectivity index (χ0n) is 19.5. The smallest absolute Gasteiger partial charge is 0.255 e. The van der Waals surface area contributed by atoms with Gasteiger partial charge in [0.05, 0.1) is 24.4 Å². The van der Waals surface area contributed by atoms with Crippen LogP contribution in [0.15, 0.2) is 84.0 Å². The van der Waals surface area contributed by atoms with E-state index in [2.05, 4.69) is 20.6 Å². The summed E-state index contributed by atoms with van der Waals surface area (Å²) in [5, 5.41) is 8.45. The Bertz CT molecular complexity index is 1430. The number of ether oxygens (including phenoxy) is 1. The number of benzene rings is 3. The number of hydrogen-bond acceptors (Lipinski definition) is 5. The molecule has 7 heteroatoms. The Labute approximate surface area is 202 Å². The van der Waals surface area contributed by atoms with E-state index in [0.29, 0.717) is 23.5 Å². The summed E-state index contributed by atoms with van der Waals surface area (Å²) in [7, 11) is 0. The molecule has 2 heterocycles. The molecule has 3 aromatic carbocycles. The molecule has 0 spiro atoms. The van der Waals surface area contributed by atoms with Crippen molar-refractivity contribution in [2.75, 3.05) is 11.9 Å². The average molecular weight is 469 g/mol. The molecule has 0 bridgehead atoms. The Kier molecular flexibility index (Phi) is 6.14. The van der Waals surface area contributed by atoms with Crippen molar-refractivity contribution in [3.63, 3.8) is 0 Å².